The van der Waals surface area contributed by atoms with E-state index in [0.29, 0.717) is 49.6 Å². The van der Waals surface area contributed by atoms with Crippen LogP contribution < -0.4 is 31.4 Å². The number of carbonyl (C=O) groups is 1. The summed E-state index contributed by atoms with van der Waals surface area (Å²) in [6.45, 7) is 3.42. The lowest BCUT2D eigenvalue weighted by atomic mass is 9.99. The molecule has 0 aliphatic heterocycles. The molecular formula is C31H41FN8O2. The molecule has 3 aromatic rings. The minimum absolute atomic E-state index is 0.124. The molecule has 1 atom stereocenters. The predicted molar refractivity (Wildman–Crippen MR) is 169 cm³/mol. The maximum atomic E-state index is 16.3. The Morgan fingerprint density at radius 2 is 1.93 bits per heavy atom. The topological polar surface area (TPSA) is 131 Å². The van der Waals surface area contributed by atoms with Gasteiger partial charge in [0.15, 0.2) is 17.4 Å². The van der Waals surface area contributed by atoms with Crippen molar-refractivity contribution < 1.29 is 13.9 Å². The molecule has 0 radical (unpaired) electrons. The first kappa shape index (κ1) is 32.0. The highest BCUT2D eigenvalue weighted by molar-refractivity contribution is 5.98. The fraction of sp³-hybridized carbons (Fsp3) is 0.323. The molecule has 11 heteroatoms. The molecule has 6 N–H and O–H groups in total. The number of rotatable bonds is 15. The Hall–Kier alpha value is -4.48. The number of nitrogens with one attached hydrogen (secondary N) is 4. The van der Waals surface area contributed by atoms with Crippen molar-refractivity contribution in [3.8, 4) is 5.75 Å². The molecule has 10 nitrogen and oxygen atoms in total. The Morgan fingerprint density at radius 1 is 1.17 bits per heavy atom. The number of benzene rings is 3. The number of aryl methyl sites for hydroxylation is 1. The first-order chi connectivity index (χ1) is 20.2. The van der Waals surface area contributed by atoms with Crippen LogP contribution in [0.1, 0.15) is 35.2 Å². The molecular weight excluding hydrogens is 535 g/mol. The number of hydrazone groups is 1. The highest BCUT2D eigenvalue weighted by Crippen LogP contribution is 2.32. The fourth-order valence-corrected chi connectivity index (χ4v) is 4.40. The summed E-state index contributed by atoms with van der Waals surface area (Å²) in [6, 6.07) is 15.2. The minimum atomic E-state index is -0.932. The van der Waals surface area contributed by atoms with Crippen molar-refractivity contribution in [1.29, 1.82) is 5.41 Å². The van der Waals surface area contributed by atoms with E-state index in [0.717, 1.165) is 16.7 Å². The van der Waals surface area contributed by atoms with Crippen LogP contribution in [0.25, 0.3) is 0 Å². The SMILES string of the molecule is CCc1cc(OCCN(C)C)c(F)c(C(Nc2ccc(C=N)c(CNC)c2)/C(=N/N(C)c2ccccc2N)NC=O)c1. The van der Waals surface area contributed by atoms with Crippen LogP contribution >= 0.6 is 0 Å². The first-order valence-corrected chi connectivity index (χ1v) is 13.7. The highest BCUT2D eigenvalue weighted by Gasteiger charge is 2.26. The van der Waals surface area contributed by atoms with Gasteiger partial charge in [0.2, 0.25) is 6.41 Å². The molecule has 0 aromatic heterocycles. The largest absolute Gasteiger partial charge is 0.489 e. The van der Waals surface area contributed by atoms with Gasteiger partial charge in [0.1, 0.15) is 12.6 Å². The number of likely N-dealkylation sites (N-methyl/N-ethyl adjacent to an activating group) is 1. The second-order valence-corrected chi connectivity index (χ2v) is 10.00. The van der Waals surface area contributed by atoms with Gasteiger partial charge in [0.25, 0.3) is 0 Å². The van der Waals surface area contributed by atoms with Gasteiger partial charge in [-0.1, -0.05) is 31.2 Å². The third kappa shape index (κ3) is 8.27. The number of hydrogen-bond acceptors (Lipinski definition) is 9. The molecule has 1 amide bonds. The van der Waals surface area contributed by atoms with Gasteiger partial charge in [-0.15, -0.1) is 0 Å². The van der Waals surface area contributed by atoms with Crippen molar-refractivity contribution in [3.63, 3.8) is 0 Å². The average molecular weight is 577 g/mol. The van der Waals surface area contributed by atoms with E-state index in [9.17, 15) is 4.79 Å². The van der Waals surface area contributed by atoms with Crippen LogP contribution in [-0.4, -0.2) is 64.7 Å². The van der Waals surface area contributed by atoms with E-state index >= 15 is 4.39 Å². The van der Waals surface area contributed by atoms with Gasteiger partial charge < -0.3 is 36.7 Å². The Morgan fingerprint density at radius 3 is 2.57 bits per heavy atom. The van der Waals surface area contributed by atoms with Crippen LogP contribution in [-0.2, 0) is 17.8 Å². The molecule has 1 unspecified atom stereocenters. The van der Waals surface area contributed by atoms with E-state index in [2.05, 4.69) is 21.1 Å². The number of ether oxygens (including phenoxy) is 1. The summed E-state index contributed by atoms with van der Waals surface area (Å²) >= 11 is 0. The Bertz CT molecular complexity index is 1400. The molecule has 0 spiro atoms. The minimum Gasteiger partial charge on any atom is -0.489 e. The normalized spacial score (nSPS) is 12.1. The maximum Gasteiger partial charge on any atom is 0.212 e. The monoisotopic (exact) mass is 576 g/mol. The zero-order valence-corrected chi connectivity index (χ0v) is 24.9. The van der Waals surface area contributed by atoms with E-state index < -0.39 is 11.9 Å². The number of amides is 1. The maximum absolute atomic E-state index is 16.3. The predicted octanol–water partition coefficient (Wildman–Crippen LogP) is 3.98. The van der Waals surface area contributed by atoms with Gasteiger partial charge >= 0.3 is 0 Å². The molecule has 42 heavy (non-hydrogen) atoms. The third-order valence-electron chi connectivity index (χ3n) is 6.64. The summed E-state index contributed by atoms with van der Waals surface area (Å²) in [5.74, 6) is -0.287. The second-order valence-electron chi connectivity index (χ2n) is 10.00. The van der Waals surface area contributed by atoms with Crippen LogP contribution in [0.4, 0.5) is 21.5 Å². The van der Waals surface area contributed by atoms with Crippen molar-refractivity contribution in [3.05, 3.63) is 82.7 Å². The number of nitrogens with two attached hydrogens (primary N) is 1. The van der Waals surface area contributed by atoms with Crippen LogP contribution in [0.5, 0.6) is 5.75 Å². The van der Waals surface area contributed by atoms with Gasteiger partial charge in [-0.25, -0.2) is 4.39 Å². The van der Waals surface area contributed by atoms with E-state index in [1.165, 1.54) is 11.2 Å². The molecule has 3 aromatic carbocycles. The summed E-state index contributed by atoms with van der Waals surface area (Å²) in [4.78, 5) is 13.8. The lowest BCUT2D eigenvalue weighted by Crippen LogP contribution is -2.36. The van der Waals surface area contributed by atoms with Crippen molar-refractivity contribution in [2.24, 2.45) is 5.10 Å². The molecule has 0 fully saturated rings. The van der Waals surface area contributed by atoms with Gasteiger partial charge in [0, 0.05) is 37.6 Å². The average Bonchev–Trinajstić information content (AvgIpc) is 2.97. The molecule has 3 rings (SSSR count). The number of para-hydroxylation sites is 2. The molecule has 0 saturated heterocycles. The standard InChI is InChI=1S/C31H41FN8O2/c1-6-21-15-25(29(32)28(16-21)42-14-13-39(3)4)30(37-24-12-11-22(18-33)23(17-24)19-35-2)31(36-20-41)38-40(5)27-10-8-7-9-26(27)34/h7-12,15-18,20,30,33,35,37H,6,13-14,19,34H2,1-5H3,(H,36,38,41). The molecule has 0 saturated carbocycles. The van der Waals surface area contributed by atoms with E-state index in [4.69, 9.17) is 15.9 Å². The molecule has 0 aliphatic rings. The van der Waals surface area contributed by atoms with Crippen LogP contribution in [0.3, 0.4) is 0 Å². The fourth-order valence-electron chi connectivity index (χ4n) is 4.40. The van der Waals surface area contributed by atoms with Crippen LogP contribution in [0, 0.1) is 11.2 Å². The second kappa shape index (κ2) is 15.5. The van der Waals surface area contributed by atoms with E-state index in [1.807, 2.05) is 57.2 Å². The smallest absolute Gasteiger partial charge is 0.212 e. The zero-order valence-electron chi connectivity index (χ0n) is 24.9. The lowest BCUT2D eigenvalue weighted by molar-refractivity contribution is -0.108. The number of halogens is 1. The van der Waals surface area contributed by atoms with Gasteiger partial charge in [-0.3, -0.25) is 9.80 Å². The molecule has 0 heterocycles. The molecule has 224 valence electrons. The summed E-state index contributed by atoms with van der Waals surface area (Å²) in [6.07, 6.45) is 2.44. The summed E-state index contributed by atoms with van der Waals surface area (Å²) in [5.41, 5.74) is 10.7. The molecule has 0 bridgehead atoms. The third-order valence-corrected chi connectivity index (χ3v) is 6.64. The van der Waals surface area contributed by atoms with E-state index in [1.54, 1.807) is 37.4 Å². The van der Waals surface area contributed by atoms with Crippen molar-refractivity contribution in [2.45, 2.75) is 25.9 Å². The van der Waals surface area contributed by atoms with Gasteiger partial charge in [0.05, 0.1) is 11.4 Å². The number of nitrogen functional groups attached to an aromatic ring is 1. The highest BCUT2D eigenvalue weighted by atomic mass is 19.1. The van der Waals surface area contributed by atoms with E-state index in [-0.39, 0.29) is 17.1 Å². The number of carbonyl (C=O) groups excluding carboxylic acids is 1. The summed E-state index contributed by atoms with van der Waals surface area (Å²) < 4.78 is 22.2. The van der Waals surface area contributed by atoms with Crippen molar-refractivity contribution >= 4 is 35.5 Å². The van der Waals surface area contributed by atoms with Gasteiger partial charge in [-0.05, 0) is 74.6 Å². The number of hydrogen-bond donors (Lipinski definition) is 5. The number of nitrogens with zero attached hydrogens (tertiary/aromatic N) is 3. The van der Waals surface area contributed by atoms with Crippen LogP contribution in [0.2, 0.25) is 0 Å². The zero-order chi connectivity index (χ0) is 30.6. The quantitative estimate of drug-likeness (QED) is 0.0608. The van der Waals surface area contributed by atoms with Crippen LogP contribution in [0.15, 0.2) is 59.7 Å². The van der Waals surface area contributed by atoms with Gasteiger partial charge in [-0.2, -0.15) is 5.10 Å². The Kier molecular flexibility index (Phi) is 11.8. The Balaban J connectivity index is 2.19. The lowest BCUT2D eigenvalue weighted by Gasteiger charge is -2.26. The van der Waals surface area contributed by atoms with Crippen molar-refractivity contribution in [2.75, 3.05) is 57.4 Å². The molecule has 0 aliphatic carbocycles. The number of amidine groups is 1. The first-order valence-electron chi connectivity index (χ1n) is 13.7. The summed E-state index contributed by atoms with van der Waals surface area (Å²) in [5, 5.41) is 23.2. The Labute approximate surface area is 247 Å². The number of anilines is 3. The van der Waals surface area contributed by atoms with Crippen molar-refractivity contribution in [1.82, 2.24) is 15.5 Å². The summed E-state index contributed by atoms with van der Waals surface area (Å²) in [7, 11) is 7.37.